The molecule has 2 aromatic rings. The molecule has 1 aliphatic heterocycles. The van der Waals surface area contributed by atoms with Crippen LogP contribution in [-0.4, -0.2) is 19.2 Å². The molecule has 0 N–H and O–H groups in total. The molecule has 1 aliphatic rings. The Balaban J connectivity index is 2.34. The van der Waals surface area contributed by atoms with E-state index in [4.69, 9.17) is 0 Å². The first-order chi connectivity index (χ1) is 9.24. The second-order valence-electron chi connectivity index (χ2n) is 4.62. The molecule has 1 heterocycles. The van der Waals surface area contributed by atoms with E-state index in [1.807, 2.05) is 43.6 Å². The zero-order chi connectivity index (χ0) is 13.4. The number of hydrogen-bond donors (Lipinski definition) is 0. The van der Waals surface area contributed by atoms with Crippen molar-refractivity contribution in [1.82, 2.24) is 0 Å². The number of nitrogens with zero attached hydrogens (tertiary/aromatic N) is 1. The lowest BCUT2D eigenvalue weighted by Crippen LogP contribution is -2.29. The molecule has 1 atom stereocenters. The Hall–Kier alpha value is -1.74. The van der Waals surface area contributed by atoms with Crippen LogP contribution in [0.4, 0.5) is 5.69 Å². The maximum absolute atomic E-state index is 12.6. The molecule has 2 aromatic carbocycles. The molecule has 0 unspecified atom stereocenters. The molecule has 0 saturated heterocycles. The van der Waals surface area contributed by atoms with Crippen LogP contribution in [0.2, 0.25) is 0 Å². The summed E-state index contributed by atoms with van der Waals surface area (Å²) in [7, 11) is 1.86. The number of hydrogen-bond acceptors (Lipinski definition) is 2. The first-order valence-electron chi connectivity index (χ1n) is 6.22. The van der Waals surface area contributed by atoms with Crippen LogP contribution < -0.4 is 4.90 Å². The fraction of sp³-hybridized carbons (Fsp3) is 0.188. The maximum Gasteiger partial charge on any atom is 0.244 e. The van der Waals surface area contributed by atoms with Crippen molar-refractivity contribution < 1.29 is 4.79 Å². The first-order valence-corrected chi connectivity index (χ1v) is 7.51. The summed E-state index contributed by atoms with van der Waals surface area (Å²) in [5, 5.41) is -0.131. The molecule has 96 valence electrons. The molecule has 0 spiro atoms. The van der Waals surface area contributed by atoms with Gasteiger partial charge >= 0.3 is 0 Å². The number of amides is 1. The fourth-order valence-corrected chi connectivity index (χ4v) is 3.44. The van der Waals surface area contributed by atoms with Gasteiger partial charge in [0.15, 0.2) is 0 Å². The average Bonchev–Trinajstić information content (AvgIpc) is 2.55. The highest BCUT2D eigenvalue weighted by Crippen LogP contribution is 2.43. The Kier molecular flexibility index (Phi) is 3.07. The molecule has 1 amide bonds. The van der Waals surface area contributed by atoms with Crippen LogP contribution >= 0.6 is 11.8 Å². The normalized spacial score (nSPS) is 17.7. The van der Waals surface area contributed by atoms with E-state index in [9.17, 15) is 4.79 Å². The maximum atomic E-state index is 12.6. The van der Waals surface area contributed by atoms with Crippen LogP contribution in [0.1, 0.15) is 10.8 Å². The number of thioether (sulfide) groups is 1. The third-order valence-corrected chi connectivity index (χ3v) is 4.52. The molecule has 3 rings (SSSR count). The van der Waals surface area contributed by atoms with Gasteiger partial charge < -0.3 is 4.90 Å². The van der Waals surface area contributed by atoms with Gasteiger partial charge in [0.05, 0.1) is 5.69 Å². The van der Waals surface area contributed by atoms with Gasteiger partial charge in [0, 0.05) is 12.6 Å². The highest BCUT2D eigenvalue weighted by molar-refractivity contribution is 7.99. The highest BCUT2D eigenvalue weighted by atomic mass is 32.2. The van der Waals surface area contributed by atoms with E-state index in [1.165, 1.54) is 0 Å². The Bertz CT molecular complexity index is 638. The zero-order valence-electron chi connectivity index (χ0n) is 11.0. The molecular weight excluding hydrogens is 254 g/mol. The monoisotopic (exact) mass is 269 g/mol. The predicted molar refractivity (Wildman–Crippen MR) is 81.5 cm³/mol. The SMILES string of the molecule is CS[C@@H]1C(=O)N(C)c2ccccc2-c2ccccc21. The van der Waals surface area contributed by atoms with Crippen molar-refractivity contribution in [3.63, 3.8) is 0 Å². The minimum Gasteiger partial charge on any atom is -0.314 e. The number of fused-ring (bicyclic) bond motifs is 3. The van der Waals surface area contributed by atoms with Gasteiger partial charge in [-0.15, -0.1) is 11.8 Å². The third-order valence-electron chi connectivity index (χ3n) is 3.59. The van der Waals surface area contributed by atoms with Crippen molar-refractivity contribution in [1.29, 1.82) is 0 Å². The summed E-state index contributed by atoms with van der Waals surface area (Å²) in [4.78, 5) is 14.4. The van der Waals surface area contributed by atoms with E-state index in [1.54, 1.807) is 16.7 Å². The lowest BCUT2D eigenvalue weighted by Gasteiger charge is -2.20. The van der Waals surface area contributed by atoms with Gasteiger partial charge in [-0.2, -0.15) is 0 Å². The second kappa shape index (κ2) is 4.74. The number of para-hydroxylation sites is 1. The molecule has 2 nitrogen and oxygen atoms in total. The Labute approximate surface area is 117 Å². The number of anilines is 1. The predicted octanol–water partition coefficient (Wildman–Crippen LogP) is 3.73. The first kappa shape index (κ1) is 12.3. The van der Waals surface area contributed by atoms with Gasteiger partial charge in [-0.25, -0.2) is 0 Å². The highest BCUT2D eigenvalue weighted by Gasteiger charge is 2.31. The largest absolute Gasteiger partial charge is 0.314 e. The fourth-order valence-electron chi connectivity index (χ4n) is 2.62. The Morgan fingerprint density at radius 1 is 1.00 bits per heavy atom. The number of carbonyl (C=O) groups is 1. The van der Waals surface area contributed by atoms with Crippen molar-refractivity contribution in [2.24, 2.45) is 0 Å². The molecule has 0 fully saturated rings. The van der Waals surface area contributed by atoms with Crippen LogP contribution in [0.25, 0.3) is 11.1 Å². The minimum absolute atomic E-state index is 0.131. The molecule has 0 saturated carbocycles. The summed E-state index contributed by atoms with van der Waals surface area (Å²) in [6, 6.07) is 16.3. The number of likely N-dealkylation sites (N-methyl/N-ethyl adjacent to an activating group) is 1. The van der Waals surface area contributed by atoms with Crippen LogP contribution in [0.15, 0.2) is 48.5 Å². The van der Waals surface area contributed by atoms with E-state index < -0.39 is 0 Å². The smallest absolute Gasteiger partial charge is 0.244 e. The third kappa shape index (κ3) is 1.85. The van der Waals surface area contributed by atoms with E-state index >= 15 is 0 Å². The lowest BCUT2D eigenvalue weighted by molar-refractivity contribution is -0.117. The summed E-state index contributed by atoms with van der Waals surface area (Å²) in [5.74, 6) is 0.143. The van der Waals surface area contributed by atoms with Gasteiger partial charge in [-0.3, -0.25) is 4.79 Å². The van der Waals surface area contributed by atoms with Crippen molar-refractivity contribution in [3.8, 4) is 11.1 Å². The van der Waals surface area contributed by atoms with Crippen LogP contribution in [0.5, 0.6) is 0 Å². The zero-order valence-corrected chi connectivity index (χ0v) is 11.8. The molecule has 0 aliphatic carbocycles. The quantitative estimate of drug-likeness (QED) is 0.786. The topological polar surface area (TPSA) is 20.3 Å². The van der Waals surface area contributed by atoms with Gasteiger partial charge in [0.1, 0.15) is 5.25 Å². The van der Waals surface area contributed by atoms with Crippen LogP contribution in [0, 0.1) is 0 Å². The van der Waals surface area contributed by atoms with Gasteiger partial charge in [0.25, 0.3) is 0 Å². The van der Waals surface area contributed by atoms with Crippen molar-refractivity contribution in [2.45, 2.75) is 5.25 Å². The van der Waals surface area contributed by atoms with Crippen LogP contribution in [0.3, 0.4) is 0 Å². The number of rotatable bonds is 1. The molecular formula is C16H15NOS. The van der Waals surface area contributed by atoms with E-state index in [0.717, 1.165) is 22.4 Å². The minimum atomic E-state index is -0.131. The van der Waals surface area contributed by atoms with E-state index in [-0.39, 0.29) is 11.2 Å². The van der Waals surface area contributed by atoms with Crippen molar-refractivity contribution in [3.05, 3.63) is 54.1 Å². The summed E-state index contributed by atoms with van der Waals surface area (Å²) >= 11 is 1.59. The Morgan fingerprint density at radius 2 is 1.63 bits per heavy atom. The summed E-state index contributed by atoms with van der Waals surface area (Å²) in [6.45, 7) is 0. The summed E-state index contributed by atoms with van der Waals surface area (Å²) < 4.78 is 0. The number of carbonyl (C=O) groups excluding carboxylic acids is 1. The van der Waals surface area contributed by atoms with Gasteiger partial charge in [0.2, 0.25) is 5.91 Å². The standard InChI is InChI=1S/C16H15NOS/c1-17-14-10-6-5-8-12(14)11-7-3-4-9-13(11)15(19-2)16(17)18/h3-10,15H,1-2H3/t15-/m0/s1. The molecule has 3 heteroatoms. The van der Waals surface area contributed by atoms with E-state index in [2.05, 4.69) is 18.2 Å². The molecule has 0 radical (unpaired) electrons. The molecule has 0 bridgehead atoms. The molecule has 0 aromatic heterocycles. The van der Waals surface area contributed by atoms with Gasteiger partial charge in [-0.05, 0) is 23.4 Å². The Morgan fingerprint density at radius 3 is 2.37 bits per heavy atom. The van der Waals surface area contributed by atoms with E-state index in [0.29, 0.717) is 0 Å². The summed E-state index contributed by atoms with van der Waals surface area (Å²) in [5.41, 5.74) is 4.38. The summed E-state index contributed by atoms with van der Waals surface area (Å²) in [6.07, 6.45) is 1.99. The lowest BCUT2D eigenvalue weighted by atomic mass is 9.98. The van der Waals surface area contributed by atoms with Crippen molar-refractivity contribution >= 4 is 23.4 Å². The van der Waals surface area contributed by atoms with Crippen LogP contribution in [-0.2, 0) is 4.79 Å². The van der Waals surface area contributed by atoms with Gasteiger partial charge in [-0.1, -0.05) is 42.5 Å². The molecule has 19 heavy (non-hydrogen) atoms. The number of benzene rings is 2. The van der Waals surface area contributed by atoms with Crippen molar-refractivity contribution in [2.75, 3.05) is 18.2 Å². The second-order valence-corrected chi connectivity index (χ2v) is 5.56. The average molecular weight is 269 g/mol.